The molecule has 3 aromatic rings. The molecule has 0 aliphatic heterocycles. The molecule has 0 radical (unpaired) electrons. The van der Waals surface area contributed by atoms with Crippen LogP contribution in [-0.2, 0) is 19.3 Å². The number of pyridine rings is 1. The quantitative estimate of drug-likeness (QED) is 0.506. The predicted octanol–water partition coefficient (Wildman–Crippen LogP) is 5.01. The zero-order chi connectivity index (χ0) is 18.0. The molecule has 0 saturated heterocycles. The molecule has 0 aliphatic carbocycles. The zero-order valence-electron chi connectivity index (χ0n) is 13.3. The second kappa shape index (κ2) is 7.05. The third-order valence-corrected chi connectivity index (χ3v) is 4.53. The number of hydrogen-bond donors (Lipinski definition) is 1. The highest BCUT2D eigenvalue weighted by Crippen LogP contribution is 2.30. The SMILES string of the molecule is CCn1c(CNSc2ccc(F)cc2)cc2cnc(C(F)(F)F)cc21. The van der Waals surface area contributed by atoms with Crippen LogP contribution in [0.15, 0.2) is 47.5 Å². The van der Waals surface area contributed by atoms with E-state index in [9.17, 15) is 17.6 Å². The average molecular weight is 369 g/mol. The third-order valence-electron chi connectivity index (χ3n) is 3.74. The molecule has 25 heavy (non-hydrogen) atoms. The monoisotopic (exact) mass is 369 g/mol. The molecule has 132 valence electrons. The van der Waals surface area contributed by atoms with Crippen molar-refractivity contribution in [3.63, 3.8) is 0 Å². The Hall–Kier alpha value is -2.06. The topological polar surface area (TPSA) is 29.9 Å². The fraction of sp³-hybridized carbons (Fsp3) is 0.235. The van der Waals surface area contributed by atoms with Gasteiger partial charge >= 0.3 is 6.18 Å². The molecule has 0 amide bonds. The van der Waals surface area contributed by atoms with E-state index in [1.807, 2.05) is 17.6 Å². The van der Waals surface area contributed by atoms with Gasteiger partial charge in [0.15, 0.2) is 0 Å². The molecule has 0 atom stereocenters. The number of halogens is 4. The van der Waals surface area contributed by atoms with Crippen LogP contribution >= 0.6 is 11.9 Å². The summed E-state index contributed by atoms with van der Waals surface area (Å²) < 4.78 is 56.4. The fourth-order valence-electron chi connectivity index (χ4n) is 2.58. The van der Waals surface area contributed by atoms with Gasteiger partial charge in [0.05, 0.1) is 5.52 Å². The number of alkyl halides is 3. The Labute approximate surface area is 146 Å². The highest BCUT2D eigenvalue weighted by molar-refractivity contribution is 7.97. The highest BCUT2D eigenvalue weighted by Gasteiger charge is 2.32. The smallest absolute Gasteiger partial charge is 0.343 e. The van der Waals surface area contributed by atoms with Crippen LogP contribution < -0.4 is 4.72 Å². The number of rotatable bonds is 5. The minimum Gasteiger partial charge on any atom is -0.343 e. The van der Waals surface area contributed by atoms with Gasteiger partial charge in [0, 0.05) is 35.3 Å². The lowest BCUT2D eigenvalue weighted by Crippen LogP contribution is -2.10. The summed E-state index contributed by atoms with van der Waals surface area (Å²) in [6.07, 6.45) is -3.21. The van der Waals surface area contributed by atoms with E-state index in [0.29, 0.717) is 24.0 Å². The minimum atomic E-state index is -4.46. The first-order chi connectivity index (χ1) is 11.9. The van der Waals surface area contributed by atoms with Gasteiger partial charge in [0.2, 0.25) is 0 Å². The van der Waals surface area contributed by atoms with E-state index in [-0.39, 0.29) is 5.82 Å². The molecular formula is C17H15F4N3S. The van der Waals surface area contributed by atoms with E-state index in [1.165, 1.54) is 30.3 Å². The Morgan fingerprint density at radius 1 is 1.16 bits per heavy atom. The Morgan fingerprint density at radius 3 is 2.52 bits per heavy atom. The summed E-state index contributed by atoms with van der Waals surface area (Å²) in [5.74, 6) is -0.302. The summed E-state index contributed by atoms with van der Waals surface area (Å²) in [6.45, 7) is 2.87. The van der Waals surface area contributed by atoms with Gasteiger partial charge in [-0.2, -0.15) is 13.2 Å². The molecule has 0 fully saturated rings. The molecule has 8 heteroatoms. The second-order valence-electron chi connectivity index (χ2n) is 5.38. The van der Waals surface area contributed by atoms with Crippen molar-refractivity contribution in [2.45, 2.75) is 31.1 Å². The number of aryl methyl sites for hydroxylation is 1. The largest absolute Gasteiger partial charge is 0.433 e. The molecule has 1 N–H and O–H groups in total. The van der Waals surface area contributed by atoms with Crippen LogP contribution in [0.2, 0.25) is 0 Å². The van der Waals surface area contributed by atoms with E-state index in [1.54, 1.807) is 12.1 Å². The lowest BCUT2D eigenvalue weighted by Gasteiger charge is -2.10. The van der Waals surface area contributed by atoms with Gasteiger partial charge in [-0.1, -0.05) is 0 Å². The van der Waals surface area contributed by atoms with Crippen LogP contribution in [0.25, 0.3) is 10.9 Å². The van der Waals surface area contributed by atoms with E-state index >= 15 is 0 Å². The molecule has 1 aromatic carbocycles. The summed E-state index contributed by atoms with van der Waals surface area (Å²) in [5.41, 5.74) is 0.467. The summed E-state index contributed by atoms with van der Waals surface area (Å²) in [5, 5.41) is 0.665. The Morgan fingerprint density at radius 2 is 1.88 bits per heavy atom. The zero-order valence-corrected chi connectivity index (χ0v) is 14.1. The van der Waals surface area contributed by atoms with Gasteiger partial charge in [0.25, 0.3) is 0 Å². The van der Waals surface area contributed by atoms with Gasteiger partial charge < -0.3 is 4.57 Å². The Kier molecular flexibility index (Phi) is 5.01. The summed E-state index contributed by atoms with van der Waals surface area (Å²) in [4.78, 5) is 4.35. The third kappa shape index (κ3) is 3.96. The van der Waals surface area contributed by atoms with Crippen LogP contribution in [0.4, 0.5) is 17.6 Å². The molecule has 3 nitrogen and oxygen atoms in total. The van der Waals surface area contributed by atoms with Gasteiger partial charge in [0.1, 0.15) is 11.5 Å². The Balaban J connectivity index is 1.80. The normalized spacial score (nSPS) is 12.0. The first-order valence-electron chi connectivity index (χ1n) is 7.59. The van der Waals surface area contributed by atoms with Crippen molar-refractivity contribution in [1.82, 2.24) is 14.3 Å². The van der Waals surface area contributed by atoms with Gasteiger partial charge in [-0.3, -0.25) is 9.71 Å². The number of benzene rings is 1. The summed E-state index contributed by atoms with van der Waals surface area (Å²) in [6, 6.07) is 8.96. The lowest BCUT2D eigenvalue weighted by atomic mass is 10.2. The maximum absolute atomic E-state index is 12.9. The van der Waals surface area contributed by atoms with Crippen LogP contribution in [-0.4, -0.2) is 9.55 Å². The predicted molar refractivity (Wildman–Crippen MR) is 89.5 cm³/mol. The molecular weight excluding hydrogens is 354 g/mol. The van der Waals surface area contributed by atoms with Gasteiger partial charge in [-0.15, -0.1) is 0 Å². The van der Waals surface area contributed by atoms with Gasteiger partial charge in [-0.05, 0) is 55.3 Å². The van der Waals surface area contributed by atoms with Crippen LogP contribution in [0.3, 0.4) is 0 Å². The van der Waals surface area contributed by atoms with E-state index < -0.39 is 11.9 Å². The molecule has 2 aromatic heterocycles. The van der Waals surface area contributed by atoms with Crippen LogP contribution in [0, 0.1) is 5.82 Å². The molecule has 0 bridgehead atoms. The maximum Gasteiger partial charge on any atom is 0.433 e. The van der Waals surface area contributed by atoms with Crippen molar-refractivity contribution in [2.75, 3.05) is 0 Å². The summed E-state index contributed by atoms with van der Waals surface area (Å²) >= 11 is 1.33. The summed E-state index contributed by atoms with van der Waals surface area (Å²) in [7, 11) is 0. The molecule has 0 unspecified atom stereocenters. The fourth-order valence-corrected chi connectivity index (χ4v) is 3.24. The number of fused-ring (bicyclic) bond motifs is 1. The Bertz CT molecular complexity index is 872. The lowest BCUT2D eigenvalue weighted by molar-refractivity contribution is -0.141. The maximum atomic E-state index is 12.9. The van der Waals surface area contributed by atoms with E-state index in [0.717, 1.165) is 16.7 Å². The number of nitrogens with zero attached hydrogens (tertiary/aromatic N) is 2. The van der Waals surface area contributed by atoms with Crippen LogP contribution in [0.5, 0.6) is 0 Å². The number of hydrogen-bond acceptors (Lipinski definition) is 3. The van der Waals surface area contributed by atoms with Crippen molar-refractivity contribution in [2.24, 2.45) is 0 Å². The number of aromatic nitrogens is 2. The van der Waals surface area contributed by atoms with E-state index in [2.05, 4.69) is 9.71 Å². The standard InChI is InChI=1S/C17H15F4N3S/c1-2-24-13(10-23-25-14-5-3-12(18)4-6-14)7-11-9-22-16(8-15(11)24)17(19,20)21/h3-9,23H,2,10H2,1H3. The molecule has 3 rings (SSSR count). The van der Waals surface area contributed by atoms with E-state index in [4.69, 9.17) is 0 Å². The van der Waals surface area contributed by atoms with Crippen molar-refractivity contribution in [3.05, 3.63) is 59.8 Å². The molecule has 0 saturated carbocycles. The molecule has 2 heterocycles. The minimum absolute atomic E-state index is 0.302. The highest BCUT2D eigenvalue weighted by atomic mass is 32.2. The van der Waals surface area contributed by atoms with Gasteiger partial charge in [-0.25, -0.2) is 4.39 Å². The first kappa shape index (κ1) is 17.8. The molecule has 0 spiro atoms. The van der Waals surface area contributed by atoms with Crippen molar-refractivity contribution in [1.29, 1.82) is 0 Å². The average Bonchev–Trinajstić information content (AvgIpc) is 2.92. The van der Waals surface area contributed by atoms with Crippen molar-refractivity contribution < 1.29 is 17.6 Å². The first-order valence-corrected chi connectivity index (χ1v) is 8.40. The molecule has 0 aliphatic rings. The van der Waals surface area contributed by atoms with Crippen molar-refractivity contribution >= 4 is 22.9 Å². The van der Waals surface area contributed by atoms with Crippen molar-refractivity contribution in [3.8, 4) is 0 Å². The van der Waals surface area contributed by atoms with Crippen LogP contribution in [0.1, 0.15) is 18.3 Å². The second-order valence-corrected chi connectivity index (χ2v) is 6.35. The number of nitrogens with one attached hydrogen (secondary N) is 1.